The van der Waals surface area contributed by atoms with Crippen LogP contribution in [-0.2, 0) is 24.5 Å². The van der Waals surface area contributed by atoms with Gasteiger partial charge in [0, 0.05) is 31.7 Å². The minimum absolute atomic E-state index is 0.00483. The molecule has 106 valence electrons. The molecule has 0 aromatic rings. The molecule has 1 atom stereocenters. The molecule has 0 radical (unpaired) electrons. The van der Waals surface area contributed by atoms with Gasteiger partial charge in [0.1, 0.15) is 15.6 Å². The van der Waals surface area contributed by atoms with Crippen molar-refractivity contribution in [3.63, 3.8) is 0 Å². The zero-order valence-corrected chi connectivity index (χ0v) is 12.0. The van der Waals surface area contributed by atoms with Crippen LogP contribution in [0.15, 0.2) is 0 Å². The minimum atomic E-state index is -3.04. The topological polar surface area (TPSA) is 97.4 Å². The van der Waals surface area contributed by atoms with E-state index in [9.17, 15) is 21.6 Å². The van der Waals surface area contributed by atoms with Gasteiger partial charge in [-0.25, -0.2) is 16.8 Å². The van der Waals surface area contributed by atoms with E-state index in [1.165, 1.54) is 0 Å². The van der Waals surface area contributed by atoms with E-state index in [2.05, 4.69) is 5.32 Å². The van der Waals surface area contributed by atoms with Gasteiger partial charge in [-0.15, -0.1) is 0 Å². The molecule has 0 aromatic heterocycles. The maximum Gasteiger partial charge on any atom is 0.153 e. The normalized spacial score (nSPS) is 23.7. The number of ketones is 1. The predicted octanol–water partition coefficient (Wildman–Crippen LogP) is -0.843. The third kappa shape index (κ3) is 6.46. The summed E-state index contributed by atoms with van der Waals surface area (Å²) in [5.74, 6) is 0.0133. The molecule has 1 aliphatic rings. The molecule has 1 aliphatic heterocycles. The molecule has 0 spiro atoms. The van der Waals surface area contributed by atoms with Crippen molar-refractivity contribution in [1.82, 2.24) is 5.32 Å². The average molecular weight is 297 g/mol. The molecule has 0 aliphatic carbocycles. The van der Waals surface area contributed by atoms with Crippen molar-refractivity contribution in [2.45, 2.75) is 25.3 Å². The predicted molar refractivity (Wildman–Crippen MR) is 69.0 cm³/mol. The van der Waals surface area contributed by atoms with Crippen LogP contribution in [0.25, 0.3) is 0 Å². The lowest BCUT2D eigenvalue weighted by Crippen LogP contribution is -2.45. The highest BCUT2D eigenvalue weighted by molar-refractivity contribution is 7.91. The monoisotopic (exact) mass is 297 g/mol. The van der Waals surface area contributed by atoms with Crippen molar-refractivity contribution in [3.8, 4) is 0 Å². The quantitative estimate of drug-likeness (QED) is 0.686. The Morgan fingerprint density at radius 1 is 1.39 bits per heavy atom. The van der Waals surface area contributed by atoms with Gasteiger partial charge in [0.2, 0.25) is 0 Å². The number of sulfone groups is 2. The van der Waals surface area contributed by atoms with E-state index in [0.717, 1.165) is 6.26 Å². The van der Waals surface area contributed by atoms with E-state index in [1.54, 1.807) is 0 Å². The number of carbonyl (C=O) groups is 1. The second kappa shape index (κ2) is 6.12. The summed E-state index contributed by atoms with van der Waals surface area (Å²) in [5, 5.41) is 2.99. The summed E-state index contributed by atoms with van der Waals surface area (Å²) in [6.07, 6.45) is 1.78. The highest BCUT2D eigenvalue weighted by Gasteiger charge is 2.25. The van der Waals surface area contributed by atoms with Crippen molar-refractivity contribution >= 4 is 25.5 Å². The van der Waals surface area contributed by atoms with Gasteiger partial charge in [-0.1, -0.05) is 0 Å². The SMILES string of the molecule is CS(=O)(=O)CCCC(=O)CC1CS(=O)(=O)CCN1. The van der Waals surface area contributed by atoms with E-state index < -0.39 is 19.7 Å². The van der Waals surface area contributed by atoms with Crippen molar-refractivity contribution < 1.29 is 21.6 Å². The highest BCUT2D eigenvalue weighted by Crippen LogP contribution is 2.08. The third-order valence-corrected chi connectivity index (χ3v) is 5.51. The molecule has 1 heterocycles. The molecule has 18 heavy (non-hydrogen) atoms. The fourth-order valence-corrected chi connectivity index (χ4v) is 4.02. The number of hydrogen-bond donors (Lipinski definition) is 1. The van der Waals surface area contributed by atoms with E-state index in [-0.39, 0.29) is 41.9 Å². The highest BCUT2D eigenvalue weighted by atomic mass is 32.2. The van der Waals surface area contributed by atoms with Gasteiger partial charge >= 0.3 is 0 Å². The Labute approximate surface area is 108 Å². The molecular weight excluding hydrogens is 278 g/mol. The van der Waals surface area contributed by atoms with Crippen LogP contribution in [0.5, 0.6) is 0 Å². The largest absolute Gasteiger partial charge is 0.312 e. The Hall–Kier alpha value is -0.470. The number of rotatable bonds is 6. The van der Waals surface area contributed by atoms with E-state index >= 15 is 0 Å². The minimum Gasteiger partial charge on any atom is -0.312 e. The zero-order valence-electron chi connectivity index (χ0n) is 10.4. The van der Waals surface area contributed by atoms with Crippen LogP contribution < -0.4 is 5.32 Å². The van der Waals surface area contributed by atoms with Crippen LogP contribution in [0.4, 0.5) is 0 Å². The molecular formula is C10H19NO5S2. The van der Waals surface area contributed by atoms with Crippen LogP contribution in [0, 0.1) is 0 Å². The Morgan fingerprint density at radius 2 is 2.06 bits per heavy atom. The first-order chi connectivity index (χ1) is 8.18. The van der Waals surface area contributed by atoms with Gasteiger partial charge in [-0.05, 0) is 6.42 Å². The van der Waals surface area contributed by atoms with Crippen molar-refractivity contribution in [1.29, 1.82) is 0 Å². The standard InChI is InChI=1S/C10H19NO5S2/c1-17(13,14)5-2-3-10(12)7-9-8-18(15,16)6-4-11-9/h9,11H,2-8H2,1H3. The number of Topliss-reactive ketones (excluding diaryl/α,β-unsaturated/α-hetero) is 1. The van der Waals surface area contributed by atoms with Crippen LogP contribution >= 0.6 is 0 Å². The smallest absolute Gasteiger partial charge is 0.153 e. The average Bonchev–Trinajstić information content (AvgIpc) is 2.13. The maximum atomic E-state index is 11.6. The van der Waals surface area contributed by atoms with Gasteiger partial charge in [-0.3, -0.25) is 4.79 Å². The second-order valence-corrected chi connectivity index (χ2v) is 9.23. The van der Waals surface area contributed by atoms with Crippen molar-refractivity contribution in [2.75, 3.05) is 30.1 Å². The van der Waals surface area contributed by atoms with E-state index in [4.69, 9.17) is 0 Å². The van der Waals surface area contributed by atoms with Gasteiger partial charge in [0.05, 0.1) is 17.3 Å². The van der Waals surface area contributed by atoms with Crippen LogP contribution in [0.2, 0.25) is 0 Å². The Morgan fingerprint density at radius 3 is 2.61 bits per heavy atom. The van der Waals surface area contributed by atoms with Crippen molar-refractivity contribution in [3.05, 3.63) is 0 Å². The summed E-state index contributed by atoms with van der Waals surface area (Å²) in [4.78, 5) is 11.6. The van der Waals surface area contributed by atoms with Gasteiger partial charge in [0.25, 0.3) is 0 Å². The van der Waals surface area contributed by atoms with E-state index in [0.29, 0.717) is 13.0 Å². The second-order valence-electron chi connectivity index (χ2n) is 4.74. The molecule has 1 unspecified atom stereocenters. The number of nitrogens with one attached hydrogen (secondary N) is 1. The summed E-state index contributed by atoms with van der Waals surface area (Å²) >= 11 is 0. The molecule has 8 heteroatoms. The molecule has 1 N–H and O–H groups in total. The van der Waals surface area contributed by atoms with E-state index in [1.807, 2.05) is 0 Å². The van der Waals surface area contributed by atoms with Crippen LogP contribution in [0.1, 0.15) is 19.3 Å². The first-order valence-corrected chi connectivity index (χ1v) is 9.69. The summed E-state index contributed by atoms with van der Waals surface area (Å²) in [6, 6.07) is -0.325. The molecule has 1 fully saturated rings. The fraction of sp³-hybridized carbons (Fsp3) is 0.900. The Bertz CT molecular complexity index is 494. The molecule has 0 bridgehead atoms. The number of carbonyl (C=O) groups excluding carboxylic acids is 1. The van der Waals surface area contributed by atoms with Crippen LogP contribution in [0.3, 0.4) is 0 Å². The molecule has 6 nitrogen and oxygen atoms in total. The van der Waals surface area contributed by atoms with Crippen molar-refractivity contribution in [2.24, 2.45) is 0 Å². The zero-order chi connectivity index (χ0) is 13.8. The first kappa shape index (κ1) is 15.6. The lowest BCUT2D eigenvalue weighted by molar-refractivity contribution is -0.119. The Kier molecular flexibility index (Phi) is 5.30. The molecule has 0 saturated carbocycles. The first-order valence-electron chi connectivity index (χ1n) is 5.81. The number of hydrogen-bond acceptors (Lipinski definition) is 6. The summed E-state index contributed by atoms with van der Waals surface area (Å²) in [5.41, 5.74) is 0. The third-order valence-electron chi connectivity index (χ3n) is 2.75. The molecule has 0 amide bonds. The maximum absolute atomic E-state index is 11.6. The van der Waals surface area contributed by atoms with Gasteiger partial charge in [0.15, 0.2) is 9.84 Å². The molecule has 1 saturated heterocycles. The molecule has 1 rings (SSSR count). The summed E-state index contributed by atoms with van der Waals surface area (Å²) in [7, 11) is -6.07. The fourth-order valence-electron chi connectivity index (χ4n) is 1.91. The summed E-state index contributed by atoms with van der Waals surface area (Å²) < 4.78 is 44.5. The Balaban J connectivity index is 2.32. The lowest BCUT2D eigenvalue weighted by atomic mass is 10.1. The van der Waals surface area contributed by atoms with Crippen LogP contribution in [-0.4, -0.2) is 58.7 Å². The molecule has 0 aromatic carbocycles. The van der Waals surface area contributed by atoms with Gasteiger partial charge < -0.3 is 5.32 Å². The lowest BCUT2D eigenvalue weighted by Gasteiger charge is -2.22. The van der Waals surface area contributed by atoms with Gasteiger partial charge in [-0.2, -0.15) is 0 Å². The summed E-state index contributed by atoms with van der Waals surface area (Å²) in [6.45, 7) is 0.379.